The lowest BCUT2D eigenvalue weighted by Gasteiger charge is -2.35. The number of phenols is 1. The average molecular weight is 365 g/mol. The summed E-state index contributed by atoms with van der Waals surface area (Å²) < 4.78 is 32.5. The molecule has 1 aromatic carbocycles. The maximum Gasteiger partial charge on any atom is 0.124 e. The number of quaternary nitrogens is 1. The summed E-state index contributed by atoms with van der Waals surface area (Å²) in [5.41, 5.74) is 0.336. The lowest BCUT2D eigenvalue weighted by molar-refractivity contribution is -0.906. The van der Waals surface area contributed by atoms with E-state index >= 15 is 0 Å². The summed E-state index contributed by atoms with van der Waals surface area (Å²) >= 11 is 0. The summed E-state index contributed by atoms with van der Waals surface area (Å²) in [7, 11) is -4.47. The number of nitrogens with zero attached hydrogens (tertiary/aromatic N) is 1. The fraction of sp³-hybridized carbons (Fsp3) is 0.263. The van der Waals surface area contributed by atoms with Crippen molar-refractivity contribution in [2.24, 2.45) is 0 Å². The molecule has 0 aliphatic rings. The molecule has 6 heteroatoms. The van der Waals surface area contributed by atoms with Crippen molar-refractivity contribution in [3.05, 3.63) is 74.4 Å². The molecule has 0 saturated heterocycles. The van der Waals surface area contributed by atoms with Crippen LogP contribution in [0.1, 0.15) is 5.56 Å². The highest BCUT2D eigenvalue weighted by molar-refractivity contribution is 7.85. The van der Waals surface area contributed by atoms with Crippen LogP contribution in [-0.4, -0.2) is 48.7 Å². The molecule has 1 N–H and O–H groups in total. The van der Waals surface area contributed by atoms with Crippen molar-refractivity contribution in [2.75, 3.05) is 26.2 Å². The monoisotopic (exact) mass is 365 g/mol. The molecule has 0 saturated carbocycles. The highest BCUT2D eigenvalue weighted by Crippen LogP contribution is 2.19. The molecule has 0 fully saturated rings. The predicted octanol–water partition coefficient (Wildman–Crippen LogP) is 3.15. The van der Waals surface area contributed by atoms with E-state index in [1.165, 1.54) is 19.1 Å². The Kier molecular flexibility index (Phi) is 9.74. The zero-order valence-corrected chi connectivity index (χ0v) is 15.5. The molecule has 0 unspecified atom stereocenters. The number of aromatic hydroxyl groups is 1. The molecule has 138 valence electrons. The summed E-state index contributed by atoms with van der Waals surface area (Å²) in [4.78, 5) is -0.373. The molecule has 0 aromatic heterocycles. The van der Waals surface area contributed by atoms with Crippen LogP contribution < -0.4 is 0 Å². The van der Waals surface area contributed by atoms with E-state index in [2.05, 4.69) is 26.3 Å². The second-order valence-corrected chi connectivity index (χ2v) is 6.98. The van der Waals surface area contributed by atoms with Gasteiger partial charge >= 0.3 is 0 Å². The molecule has 0 aliphatic heterocycles. The maximum atomic E-state index is 10.5. The zero-order chi connectivity index (χ0) is 19.5. The van der Waals surface area contributed by atoms with Gasteiger partial charge in [0, 0.05) is 0 Å². The van der Waals surface area contributed by atoms with Gasteiger partial charge in [0.15, 0.2) is 0 Å². The van der Waals surface area contributed by atoms with Crippen LogP contribution in [0.2, 0.25) is 0 Å². The van der Waals surface area contributed by atoms with Crippen molar-refractivity contribution >= 4 is 10.1 Å². The van der Waals surface area contributed by atoms with E-state index in [4.69, 9.17) is 5.11 Å². The first-order chi connectivity index (χ1) is 11.7. The van der Waals surface area contributed by atoms with Crippen molar-refractivity contribution < 1.29 is 22.6 Å². The Hall–Kier alpha value is -2.15. The number of benzene rings is 1. The van der Waals surface area contributed by atoms with E-state index < -0.39 is 10.1 Å². The first-order valence-electron chi connectivity index (χ1n) is 7.70. The van der Waals surface area contributed by atoms with Crippen LogP contribution >= 0.6 is 0 Å². The van der Waals surface area contributed by atoms with Crippen LogP contribution in [-0.2, 0) is 10.1 Å². The normalized spacial score (nSPS) is 11.0. The van der Waals surface area contributed by atoms with Crippen LogP contribution in [0.5, 0.6) is 5.75 Å². The first kappa shape index (κ1) is 22.9. The van der Waals surface area contributed by atoms with Crippen molar-refractivity contribution in [3.8, 4) is 5.75 Å². The van der Waals surface area contributed by atoms with Crippen LogP contribution in [0.3, 0.4) is 0 Å². The highest BCUT2D eigenvalue weighted by Gasteiger charge is 2.20. The van der Waals surface area contributed by atoms with E-state index in [1.807, 2.05) is 24.3 Å². The third-order valence-electron chi connectivity index (χ3n) is 3.51. The summed E-state index contributed by atoms with van der Waals surface area (Å²) in [5.74, 6) is -0.227. The highest BCUT2D eigenvalue weighted by atomic mass is 32.2. The lowest BCUT2D eigenvalue weighted by atomic mass is 10.2. The third kappa shape index (κ3) is 7.98. The second kappa shape index (κ2) is 10.7. The van der Waals surface area contributed by atoms with Crippen LogP contribution in [0.4, 0.5) is 0 Å². The van der Waals surface area contributed by atoms with Gasteiger partial charge in [0.25, 0.3) is 0 Å². The smallest absolute Gasteiger partial charge is 0.124 e. The Morgan fingerprint density at radius 2 is 1.40 bits per heavy atom. The zero-order valence-electron chi connectivity index (χ0n) is 14.7. The molecule has 0 radical (unpaired) electrons. The molecular formula is C19H27NO4S. The largest absolute Gasteiger partial charge is 0.744 e. The van der Waals surface area contributed by atoms with Gasteiger partial charge in [-0.25, -0.2) is 8.42 Å². The Labute approximate surface area is 151 Å². The molecule has 0 bridgehead atoms. The van der Waals surface area contributed by atoms with Gasteiger partial charge in [-0.05, 0) is 48.9 Å². The second-order valence-electron chi connectivity index (χ2n) is 5.63. The van der Waals surface area contributed by atoms with Gasteiger partial charge in [-0.3, -0.25) is 0 Å². The Balaban J connectivity index is 0.000000462. The van der Waals surface area contributed by atoms with Gasteiger partial charge in [-0.15, -0.1) is 0 Å². The molecule has 0 atom stereocenters. The lowest BCUT2D eigenvalue weighted by Crippen LogP contribution is -2.48. The molecule has 25 heavy (non-hydrogen) atoms. The minimum absolute atomic E-state index is 0.227. The molecule has 1 aromatic rings. The van der Waals surface area contributed by atoms with E-state index in [-0.39, 0.29) is 10.6 Å². The minimum Gasteiger partial charge on any atom is -0.744 e. The fourth-order valence-electron chi connectivity index (χ4n) is 2.40. The van der Waals surface area contributed by atoms with E-state index in [0.717, 1.165) is 36.7 Å². The maximum absolute atomic E-state index is 10.5. The summed E-state index contributed by atoms with van der Waals surface area (Å²) in [5, 5.41) is 8.90. The molecule has 0 heterocycles. The minimum atomic E-state index is -4.47. The number of hydrogen-bond donors (Lipinski definition) is 1. The standard InChI is InChI=1S/C12H20N.C7H8O4S/c1-5-9-13(10-6-2,11-7-3)12-8-4;1-5-2-3-6(8)4-7(5)12(9,10)11/h5-8H,1-4,9-12H2;2-4,8H,1H3,(H,9,10,11)/q+1;/p-1. The SMILES string of the molecule is C=CC[N+](CC=C)(CC=C)CC=C.Cc1ccc(O)cc1S(=O)(=O)[O-]. The Morgan fingerprint density at radius 1 is 1.00 bits per heavy atom. The van der Waals surface area contributed by atoms with Gasteiger partial charge in [-0.2, -0.15) is 0 Å². The number of aryl methyl sites for hydroxylation is 1. The molecule has 5 nitrogen and oxygen atoms in total. The van der Waals surface area contributed by atoms with Crippen molar-refractivity contribution in [3.63, 3.8) is 0 Å². The number of rotatable bonds is 9. The van der Waals surface area contributed by atoms with Gasteiger partial charge in [-0.1, -0.05) is 32.4 Å². The van der Waals surface area contributed by atoms with Gasteiger partial charge in [0.1, 0.15) is 15.9 Å². The van der Waals surface area contributed by atoms with Gasteiger partial charge in [0.05, 0.1) is 31.1 Å². The number of hydrogen-bond acceptors (Lipinski definition) is 4. The molecule has 1 rings (SSSR count). The fourth-order valence-corrected chi connectivity index (χ4v) is 3.13. The predicted molar refractivity (Wildman–Crippen MR) is 101 cm³/mol. The quantitative estimate of drug-likeness (QED) is 0.414. The topological polar surface area (TPSA) is 77.4 Å². The number of phenolic OH excluding ortho intramolecular Hbond substituents is 1. The third-order valence-corrected chi connectivity index (χ3v) is 4.49. The van der Waals surface area contributed by atoms with Crippen LogP contribution in [0, 0.1) is 6.92 Å². The van der Waals surface area contributed by atoms with E-state index in [0.29, 0.717) is 5.56 Å². The molecule has 0 aliphatic carbocycles. The Morgan fingerprint density at radius 3 is 1.68 bits per heavy atom. The summed E-state index contributed by atoms with van der Waals surface area (Å²) in [6.07, 6.45) is 7.76. The van der Waals surface area contributed by atoms with Crippen LogP contribution in [0.25, 0.3) is 0 Å². The van der Waals surface area contributed by atoms with Gasteiger partial charge in [0.2, 0.25) is 0 Å². The van der Waals surface area contributed by atoms with Crippen molar-refractivity contribution in [1.29, 1.82) is 0 Å². The molecule has 0 amide bonds. The summed E-state index contributed by atoms with van der Waals surface area (Å²) in [6.45, 7) is 20.3. The van der Waals surface area contributed by atoms with Crippen molar-refractivity contribution in [2.45, 2.75) is 11.8 Å². The van der Waals surface area contributed by atoms with E-state index in [9.17, 15) is 13.0 Å². The van der Waals surface area contributed by atoms with Gasteiger partial charge < -0.3 is 14.1 Å². The molecule has 0 spiro atoms. The van der Waals surface area contributed by atoms with Crippen LogP contribution in [0.15, 0.2) is 73.7 Å². The molecular weight excluding hydrogens is 338 g/mol. The summed E-state index contributed by atoms with van der Waals surface area (Å²) in [6, 6.07) is 3.64. The average Bonchev–Trinajstić information content (AvgIpc) is 2.50. The Bertz CT molecular complexity index is 663. The van der Waals surface area contributed by atoms with Crippen molar-refractivity contribution in [1.82, 2.24) is 0 Å². The first-order valence-corrected chi connectivity index (χ1v) is 9.10. The van der Waals surface area contributed by atoms with E-state index in [1.54, 1.807) is 0 Å².